The molecule has 0 aliphatic heterocycles. The van der Waals surface area contributed by atoms with Gasteiger partial charge in [0, 0.05) is 17.9 Å². The minimum absolute atomic E-state index is 0.102. The van der Waals surface area contributed by atoms with Crippen molar-refractivity contribution < 1.29 is 17.9 Å². The van der Waals surface area contributed by atoms with Crippen molar-refractivity contribution in [3.8, 4) is 0 Å². The first-order chi connectivity index (χ1) is 9.43. The molecule has 0 amide bonds. The zero-order valence-corrected chi connectivity index (χ0v) is 12.3. The molecule has 0 radical (unpaired) electrons. The monoisotopic (exact) mass is 308 g/mol. The van der Waals surface area contributed by atoms with Gasteiger partial charge in [-0.1, -0.05) is 37.3 Å². The van der Waals surface area contributed by atoms with Crippen molar-refractivity contribution in [2.24, 2.45) is 0 Å². The molecule has 1 unspecified atom stereocenters. The van der Waals surface area contributed by atoms with Crippen molar-refractivity contribution in [2.45, 2.75) is 37.8 Å². The lowest BCUT2D eigenvalue weighted by atomic mass is 9.76. The maximum Gasteiger partial charge on any atom is 0.411 e. The molecule has 1 aromatic rings. The molecule has 5 heteroatoms. The highest BCUT2D eigenvalue weighted by molar-refractivity contribution is 6.18. The number of hydrogen-bond acceptors (Lipinski definition) is 1. The van der Waals surface area contributed by atoms with Crippen LogP contribution in [0, 0.1) is 0 Å². The Morgan fingerprint density at radius 2 is 1.80 bits per heavy atom. The van der Waals surface area contributed by atoms with Crippen LogP contribution in [0.1, 0.15) is 31.7 Å². The smallest absolute Gasteiger partial charge is 0.372 e. The van der Waals surface area contributed by atoms with Gasteiger partial charge in [-0.2, -0.15) is 13.2 Å². The molecule has 114 valence electrons. The van der Waals surface area contributed by atoms with Gasteiger partial charge in [0.1, 0.15) is 6.61 Å². The number of hydrogen-bond donors (Lipinski definition) is 0. The standard InChI is InChI=1S/C15H20ClF3O/c1-2-14(11-16,13-7-4-3-5-8-13)9-6-10-20-12-15(17,18)19/h3-5,7-8H,2,6,9-12H2,1H3. The van der Waals surface area contributed by atoms with Crippen LogP contribution >= 0.6 is 11.6 Å². The highest BCUT2D eigenvalue weighted by Crippen LogP contribution is 2.34. The molecule has 0 N–H and O–H groups in total. The molecule has 0 aliphatic carbocycles. The quantitative estimate of drug-likeness (QED) is 0.488. The molecule has 1 nitrogen and oxygen atoms in total. The molecule has 0 aliphatic rings. The SMILES string of the molecule is CCC(CCl)(CCCOCC(F)(F)F)c1ccccc1. The zero-order valence-electron chi connectivity index (χ0n) is 11.5. The van der Waals surface area contributed by atoms with E-state index in [-0.39, 0.29) is 12.0 Å². The Kier molecular flexibility index (Phi) is 6.83. The highest BCUT2D eigenvalue weighted by atomic mass is 35.5. The molecule has 0 aromatic heterocycles. The van der Waals surface area contributed by atoms with Crippen LogP contribution in [0.2, 0.25) is 0 Å². The van der Waals surface area contributed by atoms with Crippen molar-refractivity contribution in [3.63, 3.8) is 0 Å². The lowest BCUT2D eigenvalue weighted by molar-refractivity contribution is -0.174. The van der Waals surface area contributed by atoms with Crippen LogP contribution in [0.5, 0.6) is 0 Å². The van der Waals surface area contributed by atoms with Gasteiger partial charge in [-0.15, -0.1) is 11.6 Å². The third kappa shape index (κ3) is 5.33. The molecule has 0 saturated heterocycles. The maximum atomic E-state index is 12.0. The van der Waals surface area contributed by atoms with Gasteiger partial charge in [-0.05, 0) is 24.8 Å². The van der Waals surface area contributed by atoms with Crippen LogP contribution in [0.3, 0.4) is 0 Å². The molecule has 0 fully saturated rings. The summed E-state index contributed by atoms with van der Waals surface area (Å²) in [6, 6.07) is 9.87. The van der Waals surface area contributed by atoms with Gasteiger partial charge in [0.2, 0.25) is 0 Å². The van der Waals surface area contributed by atoms with E-state index < -0.39 is 12.8 Å². The summed E-state index contributed by atoms with van der Waals surface area (Å²) in [6.45, 7) is 0.968. The Hall–Kier alpha value is -0.740. The van der Waals surface area contributed by atoms with Crippen LogP contribution in [-0.4, -0.2) is 25.3 Å². The van der Waals surface area contributed by atoms with Crippen molar-refractivity contribution in [1.82, 2.24) is 0 Å². The Bertz CT molecular complexity index is 374. The minimum Gasteiger partial charge on any atom is -0.372 e. The van der Waals surface area contributed by atoms with Gasteiger partial charge < -0.3 is 4.74 Å². The molecule has 1 atom stereocenters. The number of halogens is 4. The molecule has 0 saturated carbocycles. The summed E-state index contributed by atoms with van der Waals surface area (Å²) in [6.07, 6.45) is -2.13. The summed E-state index contributed by atoms with van der Waals surface area (Å²) in [5, 5.41) is 0. The van der Waals surface area contributed by atoms with Gasteiger partial charge in [-0.3, -0.25) is 0 Å². The summed E-state index contributed by atoms with van der Waals surface area (Å²) in [5.74, 6) is 0.451. The average molecular weight is 309 g/mol. The minimum atomic E-state index is -4.26. The molecule has 1 rings (SSSR count). The molecule has 0 bridgehead atoms. The van der Waals surface area contributed by atoms with E-state index in [2.05, 4.69) is 4.74 Å². The van der Waals surface area contributed by atoms with E-state index >= 15 is 0 Å². The molecule has 1 aromatic carbocycles. The largest absolute Gasteiger partial charge is 0.411 e. The van der Waals surface area contributed by atoms with Gasteiger partial charge in [0.25, 0.3) is 0 Å². The number of ether oxygens (including phenoxy) is 1. The Balaban J connectivity index is 2.52. The van der Waals surface area contributed by atoms with Crippen molar-refractivity contribution >= 4 is 11.6 Å². The molecule has 0 heterocycles. The summed E-state index contributed by atoms with van der Waals surface area (Å²) in [7, 11) is 0. The highest BCUT2D eigenvalue weighted by Gasteiger charge is 2.30. The summed E-state index contributed by atoms with van der Waals surface area (Å²) in [4.78, 5) is 0. The fourth-order valence-corrected chi connectivity index (χ4v) is 2.73. The van der Waals surface area contributed by atoms with Crippen LogP contribution in [0.15, 0.2) is 30.3 Å². The second-order valence-electron chi connectivity index (χ2n) is 4.90. The van der Waals surface area contributed by atoms with Crippen LogP contribution in [-0.2, 0) is 10.2 Å². The normalized spacial score (nSPS) is 15.1. The second-order valence-corrected chi connectivity index (χ2v) is 5.17. The lowest BCUT2D eigenvalue weighted by Gasteiger charge is -2.31. The van der Waals surface area contributed by atoms with E-state index in [0.29, 0.717) is 12.3 Å². The van der Waals surface area contributed by atoms with Gasteiger partial charge >= 0.3 is 6.18 Å². The first kappa shape index (κ1) is 17.3. The Labute approximate surface area is 123 Å². The van der Waals surface area contributed by atoms with Gasteiger partial charge in [-0.25, -0.2) is 0 Å². The number of alkyl halides is 4. The maximum absolute atomic E-state index is 12.0. The molecular weight excluding hydrogens is 289 g/mol. The zero-order chi connectivity index (χ0) is 15.1. The van der Waals surface area contributed by atoms with Crippen molar-refractivity contribution in [3.05, 3.63) is 35.9 Å². The fraction of sp³-hybridized carbons (Fsp3) is 0.600. The van der Waals surface area contributed by atoms with Gasteiger partial charge in [0.05, 0.1) is 0 Å². The van der Waals surface area contributed by atoms with Crippen LogP contribution in [0.4, 0.5) is 13.2 Å². The molecule has 20 heavy (non-hydrogen) atoms. The van der Waals surface area contributed by atoms with Crippen LogP contribution in [0.25, 0.3) is 0 Å². The van der Waals surface area contributed by atoms with E-state index in [9.17, 15) is 13.2 Å². The third-order valence-corrected chi connectivity index (χ3v) is 4.04. The molecular formula is C15H20ClF3O. The number of rotatable bonds is 8. The summed E-state index contributed by atoms with van der Waals surface area (Å²) < 4.78 is 40.6. The Morgan fingerprint density at radius 1 is 1.15 bits per heavy atom. The van der Waals surface area contributed by atoms with E-state index in [1.165, 1.54) is 0 Å². The van der Waals surface area contributed by atoms with E-state index in [1.54, 1.807) is 0 Å². The van der Waals surface area contributed by atoms with E-state index in [4.69, 9.17) is 11.6 Å². The van der Waals surface area contributed by atoms with E-state index in [1.807, 2.05) is 37.3 Å². The Morgan fingerprint density at radius 3 is 2.30 bits per heavy atom. The van der Waals surface area contributed by atoms with Crippen LogP contribution < -0.4 is 0 Å². The third-order valence-electron chi connectivity index (χ3n) is 3.53. The number of benzene rings is 1. The second kappa shape index (κ2) is 7.89. The predicted octanol–water partition coefficient (Wildman–Crippen LogP) is 4.93. The summed E-state index contributed by atoms with van der Waals surface area (Å²) in [5.41, 5.74) is 0.943. The lowest BCUT2D eigenvalue weighted by Crippen LogP contribution is -2.28. The van der Waals surface area contributed by atoms with Gasteiger partial charge in [0.15, 0.2) is 0 Å². The van der Waals surface area contributed by atoms with E-state index in [0.717, 1.165) is 18.4 Å². The first-order valence-corrected chi connectivity index (χ1v) is 7.23. The topological polar surface area (TPSA) is 9.23 Å². The first-order valence-electron chi connectivity index (χ1n) is 6.69. The fourth-order valence-electron chi connectivity index (χ4n) is 2.26. The molecule has 0 spiro atoms. The van der Waals surface area contributed by atoms with Crippen molar-refractivity contribution in [1.29, 1.82) is 0 Å². The summed E-state index contributed by atoms with van der Waals surface area (Å²) >= 11 is 6.12. The van der Waals surface area contributed by atoms with Crippen molar-refractivity contribution in [2.75, 3.05) is 19.1 Å². The average Bonchev–Trinajstić information content (AvgIpc) is 2.43. The predicted molar refractivity (Wildman–Crippen MR) is 75.2 cm³/mol.